The van der Waals surface area contributed by atoms with Crippen molar-refractivity contribution in [3.8, 4) is 17.0 Å². The van der Waals surface area contributed by atoms with Crippen molar-refractivity contribution in [2.75, 3.05) is 11.9 Å². The molecular formula is C19H15ClF3N3O2. The van der Waals surface area contributed by atoms with Crippen LogP contribution in [-0.4, -0.2) is 28.0 Å². The number of hydrogen-bond donors (Lipinski definition) is 2. The minimum Gasteiger partial charge on any atom is -0.406 e. The molecule has 0 aliphatic rings. The van der Waals surface area contributed by atoms with Gasteiger partial charge < -0.3 is 15.2 Å². The number of aromatic nitrogens is 2. The second-order valence-electron chi connectivity index (χ2n) is 5.81. The molecule has 9 heteroatoms. The average molecular weight is 410 g/mol. The highest BCUT2D eigenvalue weighted by Gasteiger charge is 2.30. The first-order valence-corrected chi connectivity index (χ1v) is 8.53. The summed E-state index contributed by atoms with van der Waals surface area (Å²) in [4.78, 5) is 8.20. The van der Waals surface area contributed by atoms with E-state index in [4.69, 9.17) is 11.6 Å². The van der Waals surface area contributed by atoms with Crippen LogP contribution in [0.25, 0.3) is 11.3 Å². The van der Waals surface area contributed by atoms with E-state index in [9.17, 15) is 18.3 Å². The largest absolute Gasteiger partial charge is 0.573 e. The molecule has 1 heterocycles. The highest BCUT2D eigenvalue weighted by molar-refractivity contribution is 6.30. The number of ether oxygens (including phenoxy) is 1. The molecule has 0 amide bonds. The van der Waals surface area contributed by atoms with Gasteiger partial charge in [0, 0.05) is 23.2 Å². The summed E-state index contributed by atoms with van der Waals surface area (Å²) in [5.41, 5.74) is 1.81. The summed E-state index contributed by atoms with van der Waals surface area (Å²) < 4.78 is 40.5. The van der Waals surface area contributed by atoms with E-state index in [1.807, 2.05) is 0 Å². The molecule has 1 atom stereocenters. The van der Waals surface area contributed by atoms with Gasteiger partial charge in [-0.15, -0.1) is 13.2 Å². The number of aliphatic hydroxyl groups excluding tert-OH is 1. The summed E-state index contributed by atoms with van der Waals surface area (Å²) in [7, 11) is 0. The average Bonchev–Trinajstić information content (AvgIpc) is 2.66. The van der Waals surface area contributed by atoms with Crippen molar-refractivity contribution in [2.24, 2.45) is 0 Å². The van der Waals surface area contributed by atoms with E-state index in [0.717, 1.165) is 0 Å². The normalized spacial score (nSPS) is 12.5. The summed E-state index contributed by atoms with van der Waals surface area (Å²) in [5, 5.41) is 13.8. The Kier molecular flexibility index (Phi) is 6.01. The van der Waals surface area contributed by atoms with Crippen molar-refractivity contribution in [2.45, 2.75) is 12.5 Å². The van der Waals surface area contributed by atoms with Crippen molar-refractivity contribution >= 4 is 17.4 Å². The van der Waals surface area contributed by atoms with Crippen LogP contribution in [0.4, 0.5) is 19.0 Å². The second-order valence-corrected chi connectivity index (χ2v) is 6.25. The fourth-order valence-electron chi connectivity index (χ4n) is 2.44. The highest BCUT2D eigenvalue weighted by Crippen LogP contribution is 2.26. The van der Waals surface area contributed by atoms with E-state index < -0.39 is 12.5 Å². The number of aliphatic hydroxyl groups is 1. The van der Waals surface area contributed by atoms with Gasteiger partial charge in [-0.3, -0.25) is 0 Å². The summed E-state index contributed by atoms with van der Waals surface area (Å²) in [6, 6.07) is 13.8. The number of halogens is 4. The number of benzene rings is 2. The quantitative estimate of drug-likeness (QED) is 0.609. The molecule has 0 bridgehead atoms. The van der Waals surface area contributed by atoms with Crippen LogP contribution in [0.5, 0.6) is 5.75 Å². The third-order valence-electron chi connectivity index (χ3n) is 3.78. The van der Waals surface area contributed by atoms with Crippen LogP contribution in [0.1, 0.15) is 11.7 Å². The molecule has 1 aromatic heterocycles. The topological polar surface area (TPSA) is 67.3 Å². The number of rotatable bonds is 6. The number of nitrogens with zero attached hydrogens (tertiary/aromatic N) is 2. The first-order chi connectivity index (χ1) is 13.3. The van der Waals surface area contributed by atoms with Gasteiger partial charge in [0.1, 0.15) is 17.9 Å². The minimum atomic E-state index is -4.74. The van der Waals surface area contributed by atoms with Crippen molar-refractivity contribution in [3.63, 3.8) is 0 Å². The van der Waals surface area contributed by atoms with Gasteiger partial charge in [0.05, 0.1) is 11.8 Å². The molecule has 5 nitrogen and oxygen atoms in total. The van der Waals surface area contributed by atoms with Gasteiger partial charge in [-0.25, -0.2) is 9.97 Å². The molecule has 1 unspecified atom stereocenters. The zero-order chi connectivity index (χ0) is 20.1. The van der Waals surface area contributed by atoms with Gasteiger partial charge in [-0.05, 0) is 42.0 Å². The fraction of sp³-hybridized carbons (Fsp3) is 0.158. The second kappa shape index (κ2) is 8.45. The van der Waals surface area contributed by atoms with Crippen molar-refractivity contribution in [3.05, 3.63) is 71.5 Å². The van der Waals surface area contributed by atoms with Crippen molar-refractivity contribution in [1.82, 2.24) is 9.97 Å². The third kappa shape index (κ3) is 5.58. The summed E-state index contributed by atoms with van der Waals surface area (Å²) >= 11 is 5.83. The van der Waals surface area contributed by atoms with Crippen LogP contribution >= 0.6 is 11.6 Å². The maximum absolute atomic E-state index is 12.2. The van der Waals surface area contributed by atoms with Gasteiger partial charge in [-0.1, -0.05) is 23.7 Å². The maximum atomic E-state index is 12.2. The zero-order valence-corrected chi connectivity index (χ0v) is 15.1. The van der Waals surface area contributed by atoms with E-state index in [1.54, 1.807) is 30.3 Å². The maximum Gasteiger partial charge on any atom is 0.573 e. The van der Waals surface area contributed by atoms with Gasteiger partial charge in [0.25, 0.3) is 0 Å². The van der Waals surface area contributed by atoms with Crippen LogP contribution < -0.4 is 10.1 Å². The summed E-state index contributed by atoms with van der Waals surface area (Å²) in [6.45, 7) is 0.205. The molecule has 0 radical (unpaired) electrons. The molecule has 2 N–H and O–H groups in total. The Labute approximate surface area is 163 Å². The van der Waals surface area contributed by atoms with Crippen LogP contribution in [0.3, 0.4) is 0 Å². The van der Waals surface area contributed by atoms with Gasteiger partial charge >= 0.3 is 6.36 Å². The Balaban J connectivity index is 1.66. The Hall–Kier alpha value is -2.84. The predicted molar refractivity (Wildman–Crippen MR) is 99.1 cm³/mol. The lowest BCUT2D eigenvalue weighted by Gasteiger charge is -2.13. The van der Waals surface area contributed by atoms with E-state index in [0.29, 0.717) is 27.7 Å². The molecule has 0 saturated heterocycles. The van der Waals surface area contributed by atoms with Crippen molar-refractivity contribution in [1.29, 1.82) is 0 Å². The molecule has 3 aromatic rings. The van der Waals surface area contributed by atoms with Crippen molar-refractivity contribution < 1.29 is 23.0 Å². The molecule has 0 spiro atoms. The molecule has 0 fully saturated rings. The fourth-order valence-corrected chi connectivity index (χ4v) is 2.57. The number of anilines is 1. The molecule has 28 heavy (non-hydrogen) atoms. The number of nitrogens with one attached hydrogen (secondary N) is 1. The van der Waals surface area contributed by atoms with E-state index in [1.165, 1.54) is 30.6 Å². The lowest BCUT2D eigenvalue weighted by Crippen LogP contribution is -2.16. The summed E-state index contributed by atoms with van der Waals surface area (Å²) in [5.74, 6) is 0.156. The molecular weight excluding hydrogens is 395 g/mol. The Morgan fingerprint density at radius 2 is 1.71 bits per heavy atom. The lowest BCUT2D eigenvalue weighted by atomic mass is 10.1. The SMILES string of the molecule is OC(CNc1cc(-c2ccc(OC(F)(F)F)cc2)ncn1)c1ccc(Cl)cc1. The predicted octanol–water partition coefficient (Wildman–Crippen LogP) is 4.84. The highest BCUT2D eigenvalue weighted by atomic mass is 35.5. The molecule has 3 rings (SSSR count). The Morgan fingerprint density at radius 3 is 2.36 bits per heavy atom. The van der Waals surface area contributed by atoms with Crippen LogP contribution in [0, 0.1) is 0 Å². The Morgan fingerprint density at radius 1 is 1.04 bits per heavy atom. The lowest BCUT2D eigenvalue weighted by molar-refractivity contribution is -0.274. The van der Waals surface area contributed by atoms with Crippen LogP contribution in [0.2, 0.25) is 5.02 Å². The van der Waals surface area contributed by atoms with Crippen LogP contribution in [-0.2, 0) is 0 Å². The number of alkyl halides is 3. The van der Waals surface area contributed by atoms with Gasteiger partial charge in [0.15, 0.2) is 0 Å². The first-order valence-electron chi connectivity index (χ1n) is 8.16. The monoisotopic (exact) mass is 409 g/mol. The molecule has 0 aliphatic carbocycles. The molecule has 0 aliphatic heterocycles. The summed E-state index contributed by atoms with van der Waals surface area (Å²) in [6.07, 6.45) is -4.18. The first kappa shape index (κ1) is 19.9. The zero-order valence-electron chi connectivity index (χ0n) is 14.3. The van der Waals surface area contributed by atoms with E-state index in [2.05, 4.69) is 20.0 Å². The van der Waals surface area contributed by atoms with Gasteiger partial charge in [-0.2, -0.15) is 0 Å². The van der Waals surface area contributed by atoms with E-state index >= 15 is 0 Å². The Bertz CT molecular complexity index is 919. The standard InChI is InChI=1S/C19H15ClF3N3O2/c20-14-5-1-13(2-6-14)17(27)10-24-18-9-16(25-11-26-18)12-3-7-15(8-4-12)28-19(21,22)23/h1-9,11,17,27H,10H2,(H,24,25,26). The van der Waals surface area contributed by atoms with Crippen LogP contribution in [0.15, 0.2) is 60.9 Å². The third-order valence-corrected chi connectivity index (χ3v) is 4.03. The molecule has 2 aromatic carbocycles. The van der Waals surface area contributed by atoms with E-state index in [-0.39, 0.29) is 12.3 Å². The molecule has 0 saturated carbocycles. The molecule has 146 valence electrons. The van der Waals surface area contributed by atoms with Gasteiger partial charge in [0.2, 0.25) is 0 Å². The minimum absolute atomic E-state index is 0.205. The smallest absolute Gasteiger partial charge is 0.406 e. The number of hydrogen-bond acceptors (Lipinski definition) is 5.